The lowest BCUT2D eigenvalue weighted by Crippen LogP contribution is -2.14. The van der Waals surface area contributed by atoms with E-state index in [1.807, 2.05) is 0 Å². The summed E-state index contributed by atoms with van der Waals surface area (Å²) in [6, 6.07) is 2.21. The van der Waals surface area contributed by atoms with E-state index in [1.54, 1.807) is 0 Å². The Bertz CT molecular complexity index is 419. The van der Waals surface area contributed by atoms with Crippen molar-refractivity contribution < 1.29 is 18.0 Å². The van der Waals surface area contributed by atoms with Gasteiger partial charge < -0.3 is 0 Å². The molecule has 0 spiro atoms. The van der Waals surface area contributed by atoms with Gasteiger partial charge >= 0.3 is 0 Å². The van der Waals surface area contributed by atoms with E-state index in [1.165, 1.54) is 6.07 Å². The number of hydrogen-bond acceptors (Lipinski definition) is 1. The first kappa shape index (κ1) is 11.2. The van der Waals surface area contributed by atoms with E-state index in [2.05, 4.69) is 0 Å². The highest BCUT2D eigenvalue weighted by molar-refractivity contribution is 5.79. The number of hydrogen-bond donors (Lipinski definition) is 0. The minimum Gasteiger partial charge on any atom is -0.300 e. The summed E-state index contributed by atoms with van der Waals surface area (Å²) in [5.41, 5.74) is 0.186. The molecule has 0 aliphatic heterocycles. The van der Waals surface area contributed by atoms with Gasteiger partial charge in [0.2, 0.25) is 0 Å². The molecule has 0 N–H and O–H groups in total. The van der Waals surface area contributed by atoms with E-state index in [0.29, 0.717) is 25.7 Å². The highest BCUT2D eigenvalue weighted by Gasteiger charge is 2.25. The molecule has 1 fully saturated rings. The highest BCUT2D eigenvalue weighted by Crippen LogP contribution is 2.33. The summed E-state index contributed by atoms with van der Waals surface area (Å²) in [4.78, 5) is 11.0. The summed E-state index contributed by atoms with van der Waals surface area (Å²) in [5, 5.41) is 0. The van der Waals surface area contributed by atoms with Gasteiger partial charge in [0.15, 0.2) is 17.5 Å². The van der Waals surface area contributed by atoms with E-state index in [0.717, 1.165) is 6.07 Å². The normalized spacial score (nSPS) is 17.8. The van der Waals surface area contributed by atoms with Crippen LogP contribution in [0.5, 0.6) is 0 Å². The third-order valence-electron chi connectivity index (χ3n) is 3.05. The molecule has 0 saturated heterocycles. The molecule has 1 aromatic carbocycles. The van der Waals surface area contributed by atoms with Crippen LogP contribution in [-0.4, -0.2) is 5.78 Å². The van der Waals surface area contributed by atoms with Gasteiger partial charge in [0.25, 0.3) is 0 Å². The summed E-state index contributed by atoms with van der Waals surface area (Å²) in [7, 11) is 0. The van der Waals surface area contributed by atoms with Crippen molar-refractivity contribution in [2.24, 2.45) is 0 Å². The van der Waals surface area contributed by atoms with Crippen LogP contribution in [0.3, 0.4) is 0 Å². The van der Waals surface area contributed by atoms with E-state index in [9.17, 15) is 18.0 Å². The van der Waals surface area contributed by atoms with Gasteiger partial charge in [-0.3, -0.25) is 4.79 Å². The third kappa shape index (κ3) is 1.96. The molecule has 0 aromatic heterocycles. The molecule has 0 bridgehead atoms. The number of Topliss-reactive ketones (excluding diaryl/α,β-unsaturated/α-hetero) is 1. The molecule has 0 unspecified atom stereocenters. The summed E-state index contributed by atoms with van der Waals surface area (Å²) in [6.07, 6.45) is 1.81. The van der Waals surface area contributed by atoms with Crippen molar-refractivity contribution >= 4 is 5.78 Å². The Balaban J connectivity index is 2.27. The van der Waals surface area contributed by atoms with Gasteiger partial charge in [-0.05, 0) is 30.4 Å². The molecule has 0 amide bonds. The summed E-state index contributed by atoms with van der Waals surface area (Å²) < 4.78 is 39.2. The van der Waals surface area contributed by atoms with Gasteiger partial charge in [0, 0.05) is 12.8 Å². The molecule has 1 aliphatic carbocycles. The summed E-state index contributed by atoms with van der Waals surface area (Å²) in [6.45, 7) is 0. The molecule has 16 heavy (non-hydrogen) atoms. The van der Waals surface area contributed by atoms with E-state index < -0.39 is 17.5 Å². The maximum atomic E-state index is 13.4. The third-order valence-corrected chi connectivity index (χ3v) is 3.05. The molecule has 1 aromatic rings. The Morgan fingerprint density at radius 1 is 1.00 bits per heavy atom. The predicted molar refractivity (Wildman–Crippen MR) is 52.5 cm³/mol. The quantitative estimate of drug-likeness (QED) is 0.674. The van der Waals surface area contributed by atoms with Crippen LogP contribution >= 0.6 is 0 Å². The van der Waals surface area contributed by atoms with Crippen LogP contribution in [0.4, 0.5) is 13.2 Å². The monoisotopic (exact) mass is 228 g/mol. The number of ketones is 1. The van der Waals surface area contributed by atoms with E-state index in [4.69, 9.17) is 0 Å². The van der Waals surface area contributed by atoms with E-state index in [-0.39, 0.29) is 17.3 Å². The van der Waals surface area contributed by atoms with Crippen molar-refractivity contribution in [2.75, 3.05) is 0 Å². The lowest BCUT2D eigenvalue weighted by atomic mass is 9.83. The zero-order valence-electron chi connectivity index (χ0n) is 8.60. The molecular formula is C12H11F3O. The van der Waals surface area contributed by atoms with Gasteiger partial charge in [0.05, 0.1) is 0 Å². The highest BCUT2D eigenvalue weighted by atomic mass is 19.2. The molecular weight excluding hydrogens is 217 g/mol. The van der Waals surface area contributed by atoms with Crippen molar-refractivity contribution in [3.05, 3.63) is 35.1 Å². The lowest BCUT2D eigenvalue weighted by molar-refractivity contribution is -0.120. The average Bonchev–Trinajstić information content (AvgIpc) is 2.28. The minimum atomic E-state index is -1.42. The number of benzene rings is 1. The molecule has 0 atom stereocenters. The topological polar surface area (TPSA) is 17.1 Å². The van der Waals surface area contributed by atoms with Gasteiger partial charge in [-0.2, -0.15) is 0 Å². The lowest BCUT2D eigenvalue weighted by Gasteiger charge is -2.21. The fourth-order valence-corrected chi connectivity index (χ4v) is 2.11. The van der Waals surface area contributed by atoms with Crippen LogP contribution in [0.25, 0.3) is 0 Å². The second-order valence-electron chi connectivity index (χ2n) is 4.08. The van der Waals surface area contributed by atoms with E-state index >= 15 is 0 Å². The fraction of sp³-hybridized carbons (Fsp3) is 0.417. The first-order chi connectivity index (χ1) is 7.59. The predicted octanol–water partition coefficient (Wildman–Crippen LogP) is 3.33. The zero-order valence-corrected chi connectivity index (χ0v) is 8.60. The first-order valence-corrected chi connectivity index (χ1v) is 5.24. The number of carbonyl (C=O) groups is 1. The van der Waals surface area contributed by atoms with Gasteiger partial charge in [-0.15, -0.1) is 0 Å². The maximum absolute atomic E-state index is 13.4. The number of halogens is 3. The Morgan fingerprint density at radius 2 is 1.62 bits per heavy atom. The van der Waals surface area contributed by atoms with Crippen LogP contribution in [0.1, 0.15) is 37.2 Å². The molecule has 0 heterocycles. The first-order valence-electron chi connectivity index (χ1n) is 5.24. The standard InChI is InChI=1S/C12H11F3O/c13-10-6-5-9(11(14)12(10)15)7-1-3-8(16)4-2-7/h5-7H,1-4H2. The number of carbonyl (C=O) groups excluding carboxylic acids is 1. The SMILES string of the molecule is O=C1CCC(c2ccc(F)c(F)c2F)CC1. The summed E-state index contributed by atoms with van der Waals surface area (Å²) in [5.74, 6) is -3.73. The summed E-state index contributed by atoms with van der Waals surface area (Å²) >= 11 is 0. The second kappa shape index (κ2) is 4.28. The van der Waals surface area contributed by atoms with Crippen LogP contribution in [0.2, 0.25) is 0 Å². The zero-order chi connectivity index (χ0) is 11.7. The second-order valence-corrected chi connectivity index (χ2v) is 4.08. The number of rotatable bonds is 1. The van der Waals surface area contributed by atoms with Gasteiger partial charge in [-0.1, -0.05) is 6.07 Å². The van der Waals surface area contributed by atoms with Crippen LogP contribution in [0.15, 0.2) is 12.1 Å². The van der Waals surface area contributed by atoms with Crippen molar-refractivity contribution in [1.29, 1.82) is 0 Å². The molecule has 1 aliphatic rings. The molecule has 0 radical (unpaired) electrons. The smallest absolute Gasteiger partial charge is 0.194 e. The fourth-order valence-electron chi connectivity index (χ4n) is 2.11. The average molecular weight is 228 g/mol. The largest absolute Gasteiger partial charge is 0.300 e. The van der Waals surface area contributed by atoms with Crippen molar-refractivity contribution in [1.82, 2.24) is 0 Å². The molecule has 86 valence electrons. The van der Waals surface area contributed by atoms with Gasteiger partial charge in [0.1, 0.15) is 5.78 Å². The minimum absolute atomic E-state index is 0.152. The molecule has 1 saturated carbocycles. The Morgan fingerprint density at radius 3 is 2.25 bits per heavy atom. The van der Waals surface area contributed by atoms with Crippen molar-refractivity contribution in [2.45, 2.75) is 31.6 Å². The Hall–Kier alpha value is -1.32. The molecule has 1 nitrogen and oxygen atoms in total. The van der Waals surface area contributed by atoms with Crippen molar-refractivity contribution in [3.8, 4) is 0 Å². The maximum Gasteiger partial charge on any atom is 0.194 e. The van der Waals surface area contributed by atoms with Crippen LogP contribution < -0.4 is 0 Å². The van der Waals surface area contributed by atoms with Crippen molar-refractivity contribution in [3.63, 3.8) is 0 Å². The molecule has 4 heteroatoms. The van der Waals surface area contributed by atoms with Gasteiger partial charge in [-0.25, -0.2) is 13.2 Å². The molecule has 2 rings (SSSR count). The van der Waals surface area contributed by atoms with Crippen LogP contribution in [-0.2, 0) is 4.79 Å². The Kier molecular flexibility index (Phi) is 2.99. The Labute approximate surface area is 91.3 Å². The van der Waals surface area contributed by atoms with Crippen LogP contribution in [0, 0.1) is 17.5 Å².